The van der Waals surface area contributed by atoms with Crippen LogP contribution in [0.2, 0.25) is 51.9 Å². The number of hydrogen-bond acceptors (Lipinski definition) is 4. The topological polar surface area (TPSA) is 71.3 Å². The van der Waals surface area contributed by atoms with Gasteiger partial charge < -0.3 is 13.5 Å². The monoisotopic (exact) mass is 346 g/mol. The maximum Gasteiger partial charge on any atom is 0.314 e. The summed E-state index contributed by atoms with van der Waals surface area (Å²) in [5.74, 6) is -0.210. The highest BCUT2D eigenvalue weighted by molar-refractivity contribution is 6.87. The fourth-order valence-corrected chi connectivity index (χ4v) is 14.7. The fraction of sp³-hybridized carbons (Fsp3) is 0.846. The fourth-order valence-electron chi connectivity index (χ4n) is 2.19. The van der Waals surface area contributed by atoms with Crippen molar-refractivity contribution in [2.45, 2.75) is 64.7 Å². The molecule has 0 aromatic carbocycles. The summed E-state index contributed by atoms with van der Waals surface area (Å²) in [6.45, 7) is 15.8. The van der Waals surface area contributed by atoms with E-state index in [9.17, 15) is 4.79 Å². The molecule has 0 heterocycles. The first-order chi connectivity index (χ1) is 9.37. The molecule has 0 atom stereocenters. The molecule has 5 nitrogen and oxygen atoms in total. The van der Waals surface area contributed by atoms with E-state index >= 15 is 0 Å². The Labute approximate surface area is 132 Å². The largest absolute Gasteiger partial charge is 0.437 e. The molecule has 21 heavy (non-hydrogen) atoms. The van der Waals surface area contributed by atoms with E-state index in [0.717, 1.165) is 12.5 Å². The minimum absolute atomic E-state index is 0.0779. The third-order valence-electron chi connectivity index (χ3n) is 2.41. The molecule has 0 aliphatic heterocycles. The van der Waals surface area contributed by atoms with Crippen LogP contribution in [0, 0.1) is 11.3 Å². The van der Waals surface area contributed by atoms with Gasteiger partial charge in [-0.15, -0.1) is 0 Å². The van der Waals surface area contributed by atoms with Crippen LogP contribution in [0.5, 0.6) is 0 Å². The first kappa shape index (κ1) is 20.5. The lowest BCUT2D eigenvalue weighted by Gasteiger charge is -2.38. The molecule has 0 aliphatic rings. The molecular formula is C13H30N2O3Si3. The molecule has 0 aromatic rings. The Morgan fingerprint density at radius 1 is 1.05 bits per heavy atom. The summed E-state index contributed by atoms with van der Waals surface area (Å²) in [5.41, 5.74) is 0. The van der Waals surface area contributed by atoms with E-state index in [0.29, 0.717) is 6.54 Å². The van der Waals surface area contributed by atoms with Gasteiger partial charge in [-0.25, -0.2) is 0 Å². The number of nitrogens with one attached hydrogen (secondary N) is 1. The van der Waals surface area contributed by atoms with E-state index in [-0.39, 0.29) is 12.3 Å². The number of nitrogens with zero attached hydrogens (tertiary/aromatic N) is 1. The molecule has 1 N–H and O–H groups in total. The lowest BCUT2D eigenvalue weighted by Crippen LogP contribution is -2.52. The average Bonchev–Trinajstić information content (AvgIpc) is 2.19. The van der Waals surface area contributed by atoms with Gasteiger partial charge in [0.15, 0.2) is 16.6 Å². The van der Waals surface area contributed by atoms with Crippen LogP contribution in [0.15, 0.2) is 0 Å². The van der Waals surface area contributed by atoms with Gasteiger partial charge in [0.25, 0.3) is 0 Å². The Morgan fingerprint density at radius 2 is 1.52 bits per heavy atom. The molecule has 8 heteroatoms. The van der Waals surface area contributed by atoms with Crippen LogP contribution in [0.1, 0.15) is 12.8 Å². The van der Waals surface area contributed by atoms with Gasteiger partial charge >= 0.3 is 8.56 Å². The van der Waals surface area contributed by atoms with Crippen LogP contribution in [-0.2, 0) is 13.0 Å². The van der Waals surface area contributed by atoms with E-state index in [1.54, 1.807) is 0 Å². The molecule has 0 aliphatic carbocycles. The highest BCUT2D eigenvalue weighted by Crippen LogP contribution is 2.25. The molecule has 0 saturated heterocycles. The SMILES string of the molecule is C[Si](C)(C)O[Si](C)(CCCNC(=O)CC#N)O[Si](C)(C)C. The van der Waals surface area contributed by atoms with Crippen molar-refractivity contribution in [3.8, 4) is 6.07 Å². The van der Waals surface area contributed by atoms with Crippen LogP contribution in [-0.4, -0.2) is 37.6 Å². The second-order valence-electron chi connectivity index (χ2n) is 7.35. The van der Waals surface area contributed by atoms with Crippen molar-refractivity contribution in [1.29, 1.82) is 5.26 Å². The quantitative estimate of drug-likeness (QED) is 0.514. The van der Waals surface area contributed by atoms with Crippen LogP contribution in [0.3, 0.4) is 0 Å². The second kappa shape index (κ2) is 8.24. The van der Waals surface area contributed by atoms with Crippen LogP contribution >= 0.6 is 0 Å². The number of amides is 1. The molecule has 0 unspecified atom stereocenters. The van der Waals surface area contributed by atoms with Crippen molar-refractivity contribution in [3.63, 3.8) is 0 Å². The Bertz CT molecular complexity index is 368. The lowest BCUT2D eigenvalue weighted by molar-refractivity contribution is -0.120. The van der Waals surface area contributed by atoms with Gasteiger partial charge in [0.2, 0.25) is 5.91 Å². The first-order valence-electron chi connectivity index (χ1n) is 7.41. The summed E-state index contributed by atoms with van der Waals surface area (Å²) in [7, 11) is -5.52. The smallest absolute Gasteiger partial charge is 0.314 e. The van der Waals surface area contributed by atoms with E-state index in [1.165, 1.54) is 0 Å². The zero-order valence-electron chi connectivity index (χ0n) is 14.5. The number of nitriles is 1. The van der Waals surface area contributed by atoms with E-state index in [4.69, 9.17) is 13.5 Å². The van der Waals surface area contributed by atoms with Crippen LogP contribution in [0.25, 0.3) is 0 Å². The standard InChI is InChI=1S/C13H30N2O3Si3/c1-19(2,3)17-21(7,18-20(4,5)6)12-8-11-15-13(16)9-10-14/h8-9,11-12H2,1-7H3,(H,15,16). The minimum Gasteiger partial charge on any atom is -0.437 e. The third-order valence-corrected chi connectivity index (χ3v) is 12.0. The highest BCUT2D eigenvalue weighted by Gasteiger charge is 2.39. The van der Waals surface area contributed by atoms with Gasteiger partial charge in [-0.1, -0.05) is 0 Å². The van der Waals surface area contributed by atoms with Crippen molar-refractivity contribution in [2.24, 2.45) is 0 Å². The number of rotatable bonds is 9. The predicted octanol–water partition coefficient (Wildman–Crippen LogP) is 3.18. The normalized spacial score (nSPS) is 12.9. The zero-order valence-corrected chi connectivity index (χ0v) is 17.5. The van der Waals surface area contributed by atoms with Crippen molar-refractivity contribution in [3.05, 3.63) is 0 Å². The molecule has 0 spiro atoms. The summed E-state index contributed by atoms with van der Waals surface area (Å²) in [5, 5.41) is 11.2. The second-order valence-corrected chi connectivity index (χ2v) is 20.2. The summed E-state index contributed by atoms with van der Waals surface area (Å²) in [6.07, 6.45) is 0.750. The Morgan fingerprint density at radius 3 is 1.90 bits per heavy atom. The molecule has 0 saturated carbocycles. The van der Waals surface area contributed by atoms with Gasteiger partial charge in [-0.3, -0.25) is 4.79 Å². The van der Waals surface area contributed by atoms with Crippen LogP contribution in [0.4, 0.5) is 0 Å². The van der Waals surface area contributed by atoms with Crippen LogP contribution < -0.4 is 5.32 Å². The predicted molar refractivity (Wildman–Crippen MR) is 93.1 cm³/mol. The highest BCUT2D eigenvalue weighted by atomic mass is 28.5. The van der Waals surface area contributed by atoms with E-state index in [1.807, 2.05) is 6.07 Å². The Balaban J connectivity index is 4.49. The van der Waals surface area contributed by atoms with Crippen molar-refractivity contribution in [2.75, 3.05) is 6.54 Å². The molecule has 0 aromatic heterocycles. The third kappa shape index (κ3) is 11.8. The number of carbonyl (C=O) groups is 1. The summed E-state index contributed by atoms with van der Waals surface area (Å²) < 4.78 is 12.8. The average molecular weight is 347 g/mol. The van der Waals surface area contributed by atoms with Gasteiger partial charge in [-0.05, 0) is 58.3 Å². The van der Waals surface area contributed by atoms with Crippen molar-refractivity contribution in [1.82, 2.24) is 5.32 Å². The van der Waals surface area contributed by atoms with E-state index in [2.05, 4.69) is 51.1 Å². The summed E-state index contributed by atoms with van der Waals surface area (Å²) in [6, 6.07) is 2.71. The molecule has 0 bridgehead atoms. The van der Waals surface area contributed by atoms with E-state index < -0.39 is 25.2 Å². The zero-order chi connectivity index (χ0) is 16.7. The minimum atomic E-state index is -2.20. The molecule has 122 valence electrons. The first-order valence-corrected chi connectivity index (χ1v) is 16.7. The molecular weight excluding hydrogens is 316 g/mol. The van der Waals surface area contributed by atoms with Gasteiger partial charge in [-0.2, -0.15) is 5.26 Å². The van der Waals surface area contributed by atoms with Crippen molar-refractivity contribution < 1.29 is 13.0 Å². The number of hydrogen-bond donors (Lipinski definition) is 1. The summed E-state index contributed by atoms with van der Waals surface area (Å²) in [4.78, 5) is 11.3. The lowest BCUT2D eigenvalue weighted by atomic mass is 10.4. The van der Waals surface area contributed by atoms with Gasteiger partial charge in [0.05, 0.1) is 6.07 Å². The summed E-state index contributed by atoms with van der Waals surface area (Å²) >= 11 is 0. The van der Waals surface area contributed by atoms with Gasteiger partial charge in [0.1, 0.15) is 6.42 Å². The number of carbonyl (C=O) groups excluding carboxylic acids is 1. The Hall–Kier alpha value is -0.469. The van der Waals surface area contributed by atoms with Gasteiger partial charge in [0, 0.05) is 6.54 Å². The molecule has 0 fully saturated rings. The molecule has 1 amide bonds. The molecule has 0 radical (unpaired) electrons. The van der Waals surface area contributed by atoms with Crippen molar-refractivity contribution >= 4 is 31.1 Å². The maximum atomic E-state index is 11.3. The molecule has 0 rings (SSSR count). The Kier molecular flexibility index (Phi) is 8.05. The maximum absolute atomic E-state index is 11.3.